The van der Waals surface area contributed by atoms with Gasteiger partial charge in [0.15, 0.2) is 0 Å². The second-order valence-electron chi connectivity index (χ2n) is 3.78. The van der Waals surface area contributed by atoms with Gasteiger partial charge in [-0.2, -0.15) is 0 Å². The number of hydrogen-bond acceptors (Lipinski definition) is 6. The first-order valence-electron chi connectivity index (χ1n) is 6.05. The Kier molecular flexibility index (Phi) is 10.1. The number of ether oxygens (including phenoxy) is 2. The van der Waals surface area contributed by atoms with Crippen molar-refractivity contribution in [3.8, 4) is 0 Å². The molecule has 3 atom stereocenters. The lowest BCUT2D eigenvalue weighted by Crippen LogP contribution is -2.21. The van der Waals surface area contributed by atoms with Gasteiger partial charge in [0.1, 0.15) is 15.7 Å². The number of phosphoric acid groups is 1. The number of rotatable bonds is 11. The van der Waals surface area contributed by atoms with Crippen LogP contribution in [0.2, 0.25) is 12.6 Å². The molecule has 0 heterocycles. The first-order chi connectivity index (χ1) is 8.55. The van der Waals surface area contributed by atoms with Gasteiger partial charge in [0.25, 0.3) is 0 Å². The van der Waals surface area contributed by atoms with Crippen LogP contribution in [0.5, 0.6) is 0 Å². The second-order valence-corrected chi connectivity index (χ2v) is 5.51. The molecule has 0 spiro atoms. The monoisotopic (exact) mass is 280 g/mol. The standard InChI is InChI=1S/C9H23B2O6P/c1-13-6-9(5-11)17-18(12,15-3)16-7-8(4-10)14-2/h8-9H,4-7,10-11H2,1-3H3/t8?,9-,18?/m1/s1. The molecule has 0 aromatic rings. The van der Waals surface area contributed by atoms with Crippen LogP contribution in [-0.4, -0.2) is 62.4 Å². The van der Waals surface area contributed by atoms with Gasteiger partial charge in [-0.25, -0.2) is 4.57 Å². The van der Waals surface area contributed by atoms with Crippen LogP contribution < -0.4 is 0 Å². The lowest BCUT2D eigenvalue weighted by atomic mass is 10.0. The van der Waals surface area contributed by atoms with Crippen molar-refractivity contribution in [1.29, 1.82) is 0 Å². The van der Waals surface area contributed by atoms with Crippen LogP contribution in [0.4, 0.5) is 0 Å². The molecule has 2 unspecified atom stereocenters. The van der Waals surface area contributed by atoms with Gasteiger partial charge in [0.2, 0.25) is 0 Å². The van der Waals surface area contributed by atoms with E-state index in [1.165, 1.54) is 7.11 Å². The first-order valence-corrected chi connectivity index (χ1v) is 7.51. The van der Waals surface area contributed by atoms with Crippen molar-refractivity contribution in [3.05, 3.63) is 0 Å². The van der Waals surface area contributed by atoms with Gasteiger partial charge < -0.3 is 9.47 Å². The van der Waals surface area contributed by atoms with Crippen LogP contribution in [0.3, 0.4) is 0 Å². The Labute approximate surface area is 111 Å². The highest BCUT2D eigenvalue weighted by Crippen LogP contribution is 2.50. The molecule has 0 radical (unpaired) electrons. The van der Waals surface area contributed by atoms with Gasteiger partial charge in [-0.15, -0.1) is 0 Å². The average molecular weight is 280 g/mol. The topological polar surface area (TPSA) is 63.2 Å². The third-order valence-corrected chi connectivity index (χ3v) is 3.99. The summed E-state index contributed by atoms with van der Waals surface area (Å²) < 4.78 is 37.7. The molecule has 0 fully saturated rings. The zero-order valence-corrected chi connectivity index (χ0v) is 12.8. The molecule has 0 amide bonds. The molecule has 18 heavy (non-hydrogen) atoms. The molecule has 0 saturated carbocycles. The Morgan fingerprint density at radius 2 is 1.67 bits per heavy atom. The van der Waals surface area contributed by atoms with E-state index in [2.05, 4.69) is 0 Å². The molecule has 0 N–H and O–H groups in total. The average Bonchev–Trinajstić information content (AvgIpc) is 2.39. The summed E-state index contributed by atoms with van der Waals surface area (Å²) in [6.07, 6.45) is 0.976. The van der Waals surface area contributed by atoms with E-state index in [0.29, 0.717) is 12.9 Å². The molecular weight excluding hydrogens is 257 g/mol. The maximum Gasteiger partial charge on any atom is 0.474 e. The summed E-state index contributed by atoms with van der Waals surface area (Å²) in [4.78, 5) is 0. The van der Waals surface area contributed by atoms with Crippen molar-refractivity contribution >= 4 is 23.5 Å². The molecule has 0 aliphatic heterocycles. The SMILES string of the molecule is BCC(COP(=O)(OC)O[C@H](CB)COC)OC. The van der Waals surface area contributed by atoms with Crippen molar-refractivity contribution in [1.82, 2.24) is 0 Å². The fraction of sp³-hybridized carbons (Fsp3) is 1.00. The minimum absolute atomic E-state index is 0.125. The summed E-state index contributed by atoms with van der Waals surface area (Å²) in [5.74, 6) is 0. The Balaban J connectivity index is 4.36. The lowest BCUT2D eigenvalue weighted by molar-refractivity contribution is 0.0222. The quantitative estimate of drug-likeness (QED) is 0.389. The Morgan fingerprint density at radius 3 is 2.06 bits per heavy atom. The first kappa shape index (κ1) is 18.2. The zero-order chi connectivity index (χ0) is 14.0. The van der Waals surface area contributed by atoms with E-state index in [1.807, 2.05) is 15.7 Å². The predicted molar refractivity (Wildman–Crippen MR) is 74.8 cm³/mol. The van der Waals surface area contributed by atoms with Crippen molar-refractivity contribution in [2.75, 3.05) is 34.5 Å². The predicted octanol–water partition coefficient (Wildman–Crippen LogP) is -0.0931. The van der Waals surface area contributed by atoms with Gasteiger partial charge in [-0.3, -0.25) is 13.6 Å². The summed E-state index contributed by atoms with van der Waals surface area (Å²) in [6.45, 7) is 0.510. The third kappa shape index (κ3) is 6.92. The van der Waals surface area contributed by atoms with Gasteiger partial charge in [-0.05, 0) is 0 Å². The Morgan fingerprint density at radius 1 is 1.06 bits per heavy atom. The van der Waals surface area contributed by atoms with E-state index in [0.717, 1.165) is 6.32 Å². The van der Waals surface area contributed by atoms with E-state index in [9.17, 15) is 4.57 Å². The van der Waals surface area contributed by atoms with Gasteiger partial charge in [0, 0.05) is 21.3 Å². The fourth-order valence-corrected chi connectivity index (χ4v) is 2.42. The normalized spacial score (nSPS) is 18.2. The van der Waals surface area contributed by atoms with E-state index in [1.54, 1.807) is 14.2 Å². The number of phosphoric ester groups is 1. The molecule has 0 aromatic heterocycles. The van der Waals surface area contributed by atoms with Crippen LogP contribution >= 0.6 is 7.82 Å². The molecule has 0 saturated heterocycles. The highest BCUT2D eigenvalue weighted by molar-refractivity contribution is 7.48. The minimum Gasteiger partial charge on any atom is -0.382 e. The summed E-state index contributed by atoms with van der Waals surface area (Å²) in [5.41, 5.74) is 0. The van der Waals surface area contributed by atoms with Crippen LogP contribution in [0.25, 0.3) is 0 Å². The Bertz CT molecular complexity index is 251. The molecule has 6 nitrogen and oxygen atoms in total. The van der Waals surface area contributed by atoms with E-state index in [4.69, 9.17) is 23.0 Å². The summed E-state index contributed by atoms with van der Waals surface area (Å²) in [7, 11) is 4.76. The van der Waals surface area contributed by atoms with E-state index >= 15 is 0 Å². The largest absolute Gasteiger partial charge is 0.474 e. The fourth-order valence-electron chi connectivity index (χ4n) is 1.24. The molecule has 0 bridgehead atoms. The zero-order valence-electron chi connectivity index (χ0n) is 11.9. The van der Waals surface area contributed by atoms with E-state index < -0.39 is 7.82 Å². The van der Waals surface area contributed by atoms with Crippen LogP contribution in [0.1, 0.15) is 0 Å². The van der Waals surface area contributed by atoms with Crippen LogP contribution in [0, 0.1) is 0 Å². The Hall–Kier alpha value is 0.160. The third-order valence-electron chi connectivity index (χ3n) is 2.52. The minimum atomic E-state index is -3.54. The molecular formula is C9H23B2O6P. The molecule has 0 aromatic carbocycles. The lowest BCUT2D eigenvalue weighted by Gasteiger charge is -2.23. The molecule has 0 aliphatic rings. The number of hydrogen-bond donors (Lipinski definition) is 0. The molecule has 0 aliphatic carbocycles. The van der Waals surface area contributed by atoms with Gasteiger partial charge in [-0.1, -0.05) is 12.6 Å². The summed E-state index contributed by atoms with van der Waals surface area (Å²) in [6, 6.07) is 0. The van der Waals surface area contributed by atoms with Crippen molar-refractivity contribution in [2.24, 2.45) is 0 Å². The molecule has 9 heteroatoms. The molecule has 0 rings (SSSR count). The number of methoxy groups -OCH3 is 2. The van der Waals surface area contributed by atoms with Crippen molar-refractivity contribution < 1.29 is 27.6 Å². The smallest absolute Gasteiger partial charge is 0.382 e. The second kappa shape index (κ2) is 10.0. The van der Waals surface area contributed by atoms with Crippen molar-refractivity contribution in [3.63, 3.8) is 0 Å². The highest BCUT2D eigenvalue weighted by Gasteiger charge is 2.29. The van der Waals surface area contributed by atoms with E-state index in [-0.39, 0.29) is 18.8 Å². The van der Waals surface area contributed by atoms with Crippen molar-refractivity contribution in [2.45, 2.75) is 24.8 Å². The van der Waals surface area contributed by atoms with Crippen LogP contribution in [-0.2, 0) is 27.6 Å². The summed E-state index contributed by atoms with van der Waals surface area (Å²) in [5, 5.41) is 0. The maximum atomic E-state index is 12.2. The maximum absolute atomic E-state index is 12.2. The summed E-state index contributed by atoms with van der Waals surface area (Å²) >= 11 is 0. The molecule has 106 valence electrons. The van der Waals surface area contributed by atoms with Crippen LogP contribution in [0.15, 0.2) is 0 Å². The van der Waals surface area contributed by atoms with Gasteiger partial charge >= 0.3 is 7.82 Å². The van der Waals surface area contributed by atoms with Gasteiger partial charge in [0.05, 0.1) is 25.4 Å². The highest BCUT2D eigenvalue weighted by atomic mass is 31.2.